The van der Waals surface area contributed by atoms with Gasteiger partial charge in [-0.15, -0.1) is 11.6 Å². The molecule has 1 heterocycles. The van der Waals surface area contributed by atoms with Crippen molar-refractivity contribution >= 4 is 27.5 Å². The Morgan fingerprint density at radius 1 is 1.26 bits per heavy atom. The summed E-state index contributed by atoms with van der Waals surface area (Å²) < 4.78 is 11.7. The van der Waals surface area contributed by atoms with Crippen LogP contribution >= 0.6 is 27.5 Å². The van der Waals surface area contributed by atoms with E-state index in [2.05, 4.69) is 20.9 Å². The maximum absolute atomic E-state index is 5.84. The van der Waals surface area contributed by atoms with Gasteiger partial charge in [0.1, 0.15) is 11.5 Å². The molecule has 0 aliphatic rings. The van der Waals surface area contributed by atoms with Gasteiger partial charge in [0.2, 0.25) is 5.88 Å². The first-order chi connectivity index (χ1) is 9.12. The topological polar surface area (TPSA) is 31.4 Å². The molecule has 1 aromatic carbocycles. The fourth-order valence-electron chi connectivity index (χ4n) is 1.64. The molecule has 3 nitrogen and oxygen atoms in total. The summed E-state index contributed by atoms with van der Waals surface area (Å²) in [6.07, 6.45) is 0. The average molecular weight is 343 g/mol. The quantitative estimate of drug-likeness (QED) is 0.755. The minimum absolute atomic E-state index is 0.434. The number of ether oxygens (including phenoxy) is 2. The number of aromatic nitrogens is 1. The number of methoxy groups -OCH3 is 1. The molecule has 0 bridgehead atoms. The molecule has 0 N–H and O–H groups in total. The van der Waals surface area contributed by atoms with Gasteiger partial charge >= 0.3 is 0 Å². The van der Waals surface area contributed by atoms with Crippen LogP contribution in [0.15, 0.2) is 34.8 Å². The smallest absolute Gasteiger partial charge is 0.219 e. The number of nitrogens with zero attached hydrogens (tertiary/aromatic N) is 1. The monoisotopic (exact) mass is 341 g/mol. The third-order valence-electron chi connectivity index (χ3n) is 2.50. The zero-order valence-corrected chi connectivity index (χ0v) is 13.0. The second-order valence-corrected chi connectivity index (χ2v) is 5.11. The summed E-state index contributed by atoms with van der Waals surface area (Å²) in [5, 5.41) is 0. The lowest BCUT2D eigenvalue weighted by Crippen LogP contribution is -1.93. The molecule has 0 radical (unpaired) electrons. The molecule has 2 rings (SSSR count). The number of alkyl halides is 1. The molecule has 5 heteroatoms. The molecule has 0 aliphatic carbocycles. The molecule has 0 aliphatic heterocycles. The van der Waals surface area contributed by atoms with Crippen LogP contribution in [-0.4, -0.2) is 12.1 Å². The van der Waals surface area contributed by atoms with Crippen molar-refractivity contribution < 1.29 is 9.47 Å². The molecule has 0 atom stereocenters. The van der Waals surface area contributed by atoms with E-state index in [9.17, 15) is 0 Å². The van der Waals surface area contributed by atoms with Crippen molar-refractivity contribution in [2.24, 2.45) is 0 Å². The molecule has 0 unspecified atom stereocenters. The highest BCUT2D eigenvalue weighted by atomic mass is 79.9. The van der Waals surface area contributed by atoms with Crippen molar-refractivity contribution in [1.82, 2.24) is 4.98 Å². The molecule has 2 aromatic rings. The molecule has 0 saturated carbocycles. The summed E-state index contributed by atoms with van der Waals surface area (Å²) in [7, 11) is 1.62. The third kappa shape index (κ3) is 3.61. The second-order valence-electron chi connectivity index (χ2n) is 3.99. The van der Waals surface area contributed by atoms with Crippen LogP contribution in [0, 0.1) is 6.92 Å². The molecular weight excluding hydrogens is 330 g/mol. The lowest BCUT2D eigenvalue weighted by atomic mass is 10.2. The first kappa shape index (κ1) is 14.2. The number of rotatable bonds is 4. The highest BCUT2D eigenvalue weighted by Crippen LogP contribution is 2.32. The fraction of sp³-hybridized carbons (Fsp3) is 0.214. The molecule has 0 fully saturated rings. The van der Waals surface area contributed by atoms with Gasteiger partial charge in [-0.25, -0.2) is 4.98 Å². The summed E-state index contributed by atoms with van der Waals surface area (Å²) in [5.41, 5.74) is 1.85. The summed E-state index contributed by atoms with van der Waals surface area (Å²) in [5.74, 6) is 2.41. The highest BCUT2D eigenvalue weighted by Gasteiger charge is 2.07. The summed E-state index contributed by atoms with van der Waals surface area (Å²) in [4.78, 5) is 4.33. The van der Waals surface area contributed by atoms with Crippen molar-refractivity contribution in [1.29, 1.82) is 0 Å². The summed E-state index contributed by atoms with van der Waals surface area (Å²) in [6.45, 7) is 1.91. The molecule has 0 spiro atoms. The lowest BCUT2D eigenvalue weighted by molar-refractivity contribution is 0.411. The van der Waals surface area contributed by atoms with E-state index in [1.54, 1.807) is 7.11 Å². The first-order valence-electron chi connectivity index (χ1n) is 5.67. The van der Waals surface area contributed by atoms with Gasteiger partial charge in [0, 0.05) is 17.6 Å². The third-order valence-corrected chi connectivity index (χ3v) is 3.43. The van der Waals surface area contributed by atoms with E-state index in [1.165, 1.54) is 0 Å². The van der Waals surface area contributed by atoms with Crippen LogP contribution in [0.5, 0.6) is 17.4 Å². The minimum Gasteiger partial charge on any atom is -0.497 e. The fourth-order valence-corrected chi connectivity index (χ4v) is 2.23. The normalized spacial score (nSPS) is 10.3. The van der Waals surface area contributed by atoms with E-state index >= 15 is 0 Å². The standard InChI is InChI=1S/C14H13BrClNO2/c1-9-5-10(8-16)6-14(17-9)19-13-4-3-11(18-2)7-12(13)15/h3-7H,8H2,1-2H3. The van der Waals surface area contributed by atoms with Crippen molar-refractivity contribution in [3.05, 3.63) is 46.1 Å². The molecule has 0 amide bonds. The van der Waals surface area contributed by atoms with Gasteiger partial charge < -0.3 is 9.47 Å². The van der Waals surface area contributed by atoms with E-state index in [-0.39, 0.29) is 0 Å². The van der Waals surface area contributed by atoms with E-state index in [0.717, 1.165) is 21.5 Å². The molecular formula is C14H13BrClNO2. The average Bonchev–Trinajstić information content (AvgIpc) is 2.40. The van der Waals surface area contributed by atoms with Gasteiger partial charge in [0.15, 0.2) is 0 Å². The summed E-state index contributed by atoms with van der Waals surface area (Å²) in [6, 6.07) is 9.26. The van der Waals surface area contributed by atoms with Crippen molar-refractivity contribution in [3.8, 4) is 17.4 Å². The minimum atomic E-state index is 0.434. The van der Waals surface area contributed by atoms with Gasteiger partial charge in [-0.2, -0.15) is 0 Å². The van der Waals surface area contributed by atoms with Crippen LogP contribution in [0.2, 0.25) is 0 Å². The largest absolute Gasteiger partial charge is 0.497 e. The van der Waals surface area contributed by atoms with Gasteiger partial charge in [-0.3, -0.25) is 0 Å². The predicted molar refractivity (Wildman–Crippen MR) is 79.3 cm³/mol. The van der Waals surface area contributed by atoms with E-state index in [4.69, 9.17) is 21.1 Å². The van der Waals surface area contributed by atoms with E-state index < -0.39 is 0 Å². The zero-order valence-electron chi connectivity index (χ0n) is 10.6. The molecule has 1 aromatic heterocycles. The molecule has 100 valence electrons. The van der Waals surface area contributed by atoms with Gasteiger partial charge in [-0.05, 0) is 52.7 Å². The van der Waals surface area contributed by atoms with E-state index in [0.29, 0.717) is 17.5 Å². The Morgan fingerprint density at radius 3 is 2.68 bits per heavy atom. The highest BCUT2D eigenvalue weighted by molar-refractivity contribution is 9.10. The van der Waals surface area contributed by atoms with Crippen molar-refractivity contribution in [2.45, 2.75) is 12.8 Å². The number of hydrogen-bond acceptors (Lipinski definition) is 3. The van der Waals surface area contributed by atoms with Gasteiger partial charge in [0.05, 0.1) is 11.6 Å². The number of benzene rings is 1. The van der Waals surface area contributed by atoms with E-state index in [1.807, 2.05) is 37.3 Å². The van der Waals surface area contributed by atoms with Crippen LogP contribution in [-0.2, 0) is 5.88 Å². The molecule has 0 saturated heterocycles. The van der Waals surface area contributed by atoms with Crippen LogP contribution in [0.1, 0.15) is 11.3 Å². The first-order valence-corrected chi connectivity index (χ1v) is 7.00. The number of pyridine rings is 1. The maximum atomic E-state index is 5.84. The van der Waals surface area contributed by atoms with Crippen LogP contribution in [0.25, 0.3) is 0 Å². The zero-order chi connectivity index (χ0) is 13.8. The Labute approximate surface area is 125 Å². The van der Waals surface area contributed by atoms with Crippen LogP contribution in [0.3, 0.4) is 0 Å². The number of hydrogen-bond donors (Lipinski definition) is 0. The van der Waals surface area contributed by atoms with Crippen molar-refractivity contribution in [2.75, 3.05) is 7.11 Å². The Hall–Kier alpha value is -1.26. The van der Waals surface area contributed by atoms with Gasteiger partial charge in [-0.1, -0.05) is 0 Å². The van der Waals surface area contributed by atoms with Gasteiger partial charge in [0.25, 0.3) is 0 Å². The maximum Gasteiger partial charge on any atom is 0.219 e. The summed E-state index contributed by atoms with van der Waals surface area (Å²) >= 11 is 9.28. The Bertz CT molecular complexity index is 590. The Morgan fingerprint density at radius 2 is 2.05 bits per heavy atom. The number of aryl methyl sites for hydroxylation is 1. The number of halogens is 2. The van der Waals surface area contributed by atoms with Crippen LogP contribution in [0.4, 0.5) is 0 Å². The second kappa shape index (κ2) is 6.26. The van der Waals surface area contributed by atoms with Crippen LogP contribution < -0.4 is 9.47 Å². The predicted octanol–water partition coefficient (Wildman–Crippen LogP) is 4.69. The SMILES string of the molecule is COc1ccc(Oc2cc(CCl)cc(C)n2)c(Br)c1. The van der Waals surface area contributed by atoms with Crippen molar-refractivity contribution in [3.63, 3.8) is 0 Å². The lowest BCUT2D eigenvalue weighted by Gasteiger charge is -2.10. The Balaban J connectivity index is 2.28. The Kier molecular flexibility index (Phi) is 4.66. The molecule has 19 heavy (non-hydrogen) atoms.